The van der Waals surface area contributed by atoms with Gasteiger partial charge in [0.1, 0.15) is 23.4 Å². The second-order valence-corrected chi connectivity index (χ2v) is 6.69. The standard InChI is InChI=1S/C20H15F4N3O2/c1-27-10-14(11-5-7-12(8-6-11)20(22,23)24)17(19(27)29)18(28)26-16-4-2-3-15(21)13(16)9-25/h2-8,14,17H,10H2,1H3,(H,26,28)/t14-,17+/m0/s1. The van der Waals surface area contributed by atoms with Gasteiger partial charge in [0.05, 0.1) is 11.3 Å². The minimum absolute atomic E-state index is 0.0778. The number of nitriles is 1. The summed E-state index contributed by atoms with van der Waals surface area (Å²) in [7, 11) is 1.48. The summed E-state index contributed by atoms with van der Waals surface area (Å²) in [6.45, 7) is 0.135. The van der Waals surface area contributed by atoms with Gasteiger partial charge in [-0.15, -0.1) is 0 Å². The molecule has 0 spiro atoms. The van der Waals surface area contributed by atoms with Crippen LogP contribution in [-0.2, 0) is 15.8 Å². The molecule has 0 bridgehead atoms. The molecule has 2 aromatic carbocycles. The molecule has 0 aromatic heterocycles. The van der Waals surface area contributed by atoms with Gasteiger partial charge < -0.3 is 10.2 Å². The van der Waals surface area contributed by atoms with Crippen LogP contribution in [0.2, 0.25) is 0 Å². The fourth-order valence-electron chi connectivity index (χ4n) is 3.36. The number of alkyl halides is 3. The number of nitrogens with one attached hydrogen (secondary N) is 1. The van der Waals surface area contributed by atoms with Crippen molar-refractivity contribution in [2.75, 3.05) is 18.9 Å². The molecule has 9 heteroatoms. The van der Waals surface area contributed by atoms with Crippen LogP contribution in [0.4, 0.5) is 23.2 Å². The predicted octanol–water partition coefficient (Wildman–Crippen LogP) is 3.53. The number of nitrogens with zero attached hydrogens (tertiary/aromatic N) is 2. The first kappa shape index (κ1) is 20.3. The van der Waals surface area contributed by atoms with Crippen molar-refractivity contribution >= 4 is 17.5 Å². The lowest BCUT2D eigenvalue weighted by Crippen LogP contribution is -2.33. The average Bonchev–Trinajstić information content (AvgIpc) is 2.96. The number of hydrogen-bond acceptors (Lipinski definition) is 3. The quantitative estimate of drug-likeness (QED) is 0.627. The lowest BCUT2D eigenvalue weighted by Gasteiger charge is -2.18. The number of halogens is 4. The number of rotatable bonds is 3. The molecular weight excluding hydrogens is 390 g/mol. The Kier molecular flexibility index (Phi) is 5.29. The van der Waals surface area contributed by atoms with Gasteiger partial charge in [0.2, 0.25) is 11.8 Å². The van der Waals surface area contributed by atoms with Gasteiger partial charge in [-0.3, -0.25) is 9.59 Å². The highest BCUT2D eigenvalue weighted by molar-refractivity contribution is 6.08. The molecule has 29 heavy (non-hydrogen) atoms. The lowest BCUT2D eigenvalue weighted by atomic mass is 9.87. The van der Waals surface area contributed by atoms with Crippen molar-refractivity contribution in [3.05, 3.63) is 65.0 Å². The number of carbonyl (C=O) groups is 2. The second-order valence-electron chi connectivity index (χ2n) is 6.69. The summed E-state index contributed by atoms with van der Waals surface area (Å²) in [4.78, 5) is 26.6. The highest BCUT2D eigenvalue weighted by atomic mass is 19.4. The highest BCUT2D eigenvalue weighted by Gasteiger charge is 2.44. The Morgan fingerprint density at radius 2 is 1.86 bits per heavy atom. The Bertz CT molecular complexity index is 996. The molecule has 0 radical (unpaired) electrons. The summed E-state index contributed by atoms with van der Waals surface area (Å²) in [6, 6.07) is 9.62. The third kappa shape index (κ3) is 3.92. The third-order valence-electron chi connectivity index (χ3n) is 4.85. The zero-order valence-corrected chi connectivity index (χ0v) is 15.1. The van der Waals surface area contributed by atoms with Crippen LogP contribution < -0.4 is 5.32 Å². The summed E-state index contributed by atoms with van der Waals surface area (Å²) < 4.78 is 52.1. The molecule has 0 saturated carbocycles. The smallest absolute Gasteiger partial charge is 0.344 e. The summed E-state index contributed by atoms with van der Waals surface area (Å²) in [5, 5.41) is 11.5. The number of likely N-dealkylation sites (N-methyl/N-ethyl adjacent to an activating group) is 1. The van der Waals surface area contributed by atoms with Gasteiger partial charge in [-0.05, 0) is 29.8 Å². The number of likely N-dealkylation sites (tertiary alicyclic amines) is 1. The Hall–Kier alpha value is -3.41. The van der Waals surface area contributed by atoms with Crippen LogP contribution in [0.25, 0.3) is 0 Å². The number of hydrogen-bond donors (Lipinski definition) is 1. The molecule has 150 valence electrons. The summed E-state index contributed by atoms with van der Waals surface area (Å²) in [5.74, 6) is -3.99. The van der Waals surface area contributed by atoms with Gasteiger partial charge in [0, 0.05) is 19.5 Å². The Balaban J connectivity index is 1.90. The zero-order chi connectivity index (χ0) is 21.3. The van der Waals surface area contributed by atoms with E-state index in [0.29, 0.717) is 5.56 Å². The van der Waals surface area contributed by atoms with Crippen molar-refractivity contribution in [2.45, 2.75) is 12.1 Å². The third-order valence-corrected chi connectivity index (χ3v) is 4.85. The van der Waals surface area contributed by atoms with Gasteiger partial charge in [-0.1, -0.05) is 18.2 Å². The van der Waals surface area contributed by atoms with Crippen LogP contribution in [-0.4, -0.2) is 30.3 Å². The maximum Gasteiger partial charge on any atom is 0.416 e. The van der Waals surface area contributed by atoms with E-state index in [4.69, 9.17) is 5.26 Å². The molecule has 1 aliphatic rings. The lowest BCUT2D eigenvalue weighted by molar-refractivity contribution is -0.138. The zero-order valence-electron chi connectivity index (χ0n) is 15.1. The van der Waals surface area contributed by atoms with Crippen LogP contribution in [0.5, 0.6) is 0 Å². The molecule has 1 fully saturated rings. The topological polar surface area (TPSA) is 73.2 Å². The summed E-state index contributed by atoms with van der Waals surface area (Å²) in [6.07, 6.45) is -4.50. The minimum atomic E-state index is -4.50. The van der Waals surface area contributed by atoms with Crippen molar-refractivity contribution in [1.29, 1.82) is 5.26 Å². The van der Waals surface area contributed by atoms with E-state index < -0.39 is 41.2 Å². The molecule has 5 nitrogen and oxygen atoms in total. The molecule has 0 aliphatic carbocycles. The molecule has 1 aliphatic heterocycles. The van der Waals surface area contributed by atoms with E-state index in [1.165, 1.54) is 36.2 Å². The molecule has 2 amide bonds. The molecule has 3 rings (SSSR count). The predicted molar refractivity (Wildman–Crippen MR) is 95.1 cm³/mol. The molecule has 1 N–H and O–H groups in total. The fourth-order valence-corrected chi connectivity index (χ4v) is 3.36. The van der Waals surface area contributed by atoms with Crippen LogP contribution >= 0.6 is 0 Å². The summed E-state index contributed by atoms with van der Waals surface area (Å²) in [5.41, 5.74) is -0.884. The van der Waals surface area contributed by atoms with E-state index >= 15 is 0 Å². The van der Waals surface area contributed by atoms with E-state index in [0.717, 1.165) is 18.2 Å². The molecule has 1 saturated heterocycles. The van der Waals surface area contributed by atoms with Gasteiger partial charge in [0.25, 0.3) is 0 Å². The molecular formula is C20H15F4N3O2. The van der Waals surface area contributed by atoms with Gasteiger partial charge in [-0.25, -0.2) is 4.39 Å². The molecule has 2 aromatic rings. The first-order valence-corrected chi connectivity index (χ1v) is 8.55. The van der Waals surface area contributed by atoms with E-state index in [9.17, 15) is 27.2 Å². The maximum absolute atomic E-state index is 13.8. The molecule has 0 unspecified atom stereocenters. The van der Waals surface area contributed by atoms with Crippen LogP contribution in [0.15, 0.2) is 42.5 Å². The highest BCUT2D eigenvalue weighted by Crippen LogP contribution is 2.36. The van der Waals surface area contributed by atoms with Gasteiger partial charge in [-0.2, -0.15) is 18.4 Å². The van der Waals surface area contributed by atoms with Crippen LogP contribution in [0, 0.1) is 23.1 Å². The van der Waals surface area contributed by atoms with Crippen molar-refractivity contribution in [1.82, 2.24) is 4.90 Å². The summed E-state index contributed by atoms with van der Waals surface area (Å²) >= 11 is 0. The minimum Gasteiger partial charge on any atom is -0.344 e. The van der Waals surface area contributed by atoms with Crippen molar-refractivity contribution in [3.8, 4) is 6.07 Å². The van der Waals surface area contributed by atoms with E-state index in [1.54, 1.807) is 6.07 Å². The van der Waals surface area contributed by atoms with E-state index in [2.05, 4.69) is 5.32 Å². The van der Waals surface area contributed by atoms with Crippen molar-refractivity contribution in [3.63, 3.8) is 0 Å². The van der Waals surface area contributed by atoms with Gasteiger partial charge in [0.15, 0.2) is 0 Å². The molecule has 2 atom stereocenters. The first-order valence-electron chi connectivity index (χ1n) is 8.55. The van der Waals surface area contributed by atoms with Crippen molar-refractivity contribution in [2.24, 2.45) is 5.92 Å². The average molecular weight is 405 g/mol. The van der Waals surface area contributed by atoms with E-state index in [-0.39, 0.29) is 17.8 Å². The monoisotopic (exact) mass is 405 g/mol. The Labute approximate surface area is 163 Å². The number of carbonyl (C=O) groups excluding carboxylic acids is 2. The van der Waals surface area contributed by atoms with Crippen LogP contribution in [0.3, 0.4) is 0 Å². The molecule has 1 heterocycles. The number of benzene rings is 2. The normalized spacial score (nSPS) is 19.2. The first-order chi connectivity index (χ1) is 13.6. The van der Waals surface area contributed by atoms with Gasteiger partial charge >= 0.3 is 6.18 Å². The second kappa shape index (κ2) is 7.54. The Morgan fingerprint density at radius 1 is 1.21 bits per heavy atom. The number of amides is 2. The maximum atomic E-state index is 13.8. The van der Waals surface area contributed by atoms with Crippen LogP contribution in [0.1, 0.15) is 22.6 Å². The SMILES string of the molecule is CN1C[C@@H](c2ccc(C(F)(F)F)cc2)[C@H](C(=O)Nc2cccc(F)c2C#N)C1=O. The van der Waals surface area contributed by atoms with Crippen molar-refractivity contribution < 1.29 is 27.2 Å². The Morgan fingerprint density at radius 3 is 2.45 bits per heavy atom. The fraction of sp³-hybridized carbons (Fsp3) is 0.250. The number of anilines is 1. The largest absolute Gasteiger partial charge is 0.416 e. The van der Waals surface area contributed by atoms with E-state index in [1.807, 2.05) is 0 Å².